The second kappa shape index (κ2) is 11.0. The van der Waals surface area contributed by atoms with Gasteiger partial charge in [-0.05, 0) is 33.3 Å². The molecule has 1 unspecified atom stereocenters. The van der Waals surface area contributed by atoms with Gasteiger partial charge in [-0.3, -0.25) is 9.89 Å². The van der Waals surface area contributed by atoms with E-state index < -0.39 is 0 Å². The summed E-state index contributed by atoms with van der Waals surface area (Å²) >= 11 is 0. The molecule has 2 N–H and O–H groups in total. The molecule has 1 atom stereocenters. The minimum atomic E-state index is -0.0117. The average Bonchev–Trinajstić information content (AvgIpc) is 2.56. The molecule has 5 nitrogen and oxygen atoms in total. The van der Waals surface area contributed by atoms with Crippen molar-refractivity contribution >= 4 is 29.9 Å². The van der Waals surface area contributed by atoms with E-state index in [-0.39, 0.29) is 35.6 Å². The van der Waals surface area contributed by atoms with Crippen molar-refractivity contribution in [2.24, 2.45) is 4.99 Å². The minimum absolute atomic E-state index is 0. The summed E-state index contributed by atoms with van der Waals surface area (Å²) in [6.45, 7) is 13.6. The Morgan fingerprint density at radius 1 is 1.20 bits per heavy atom. The molecular weight excluding hydrogens is 427 g/mol. The predicted molar refractivity (Wildman–Crippen MR) is 116 cm³/mol. The van der Waals surface area contributed by atoms with Crippen LogP contribution >= 0.6 is 24.0 Å². The highest BCUT2D eigenvalue weighted by molar-refractivity contribution is 14.0. The second-order valence-electron chi connectivity index (χ2n) is 7.17. The lowest BCUT2D eigenvalue weighted by Crippen LogP contribution is -2.48. The summed E-state index contributed by atoms with van der Waals surface area (Å²) in [7, 11) is 0. The van der Waals surface area contributed by atoms with E-state index in [0.29, 0.717) is 0 Å². The van der Waals surface area contributed by atoms with Crippen LogP contribution in [0.2, 0.25) is 0 Å². The third-order valence-corrected chi connectivity index (χ3v) is 3.93. The molecule has 25 heavy (non-hydrogen) atoms. The highest BCUT2D eigenvalue weighted by atomic mass is 127. The van der Waals surface area contributed by atoms with Gasteiger partial charge in [0, 0.05) is 25.2 Å². The smallest absolute Gasteiger partial charge is 0.191 e. The molecule has 6 heteroatoms. The van der Waals surface area contributed by atoms with Gasteiger partial charge in [0.1, 0.15) is 0 Å². The fourth-order valence-electron chi connectivity index (χ4n) is 2.84. The highest BCUT2D eigenvalue weighted by Gasteiger charge is 2.22. The number of hydrogen-bond donors (Lipinski definition) is 2. The molecule has 1 aromatic carbocycles. The molecule has 1 fully saturated rings. The fraction of sp³-hybridized carbons (Fsp3) is 0.632. The Labute approximate surface area is 169 Å². The zero-order valence-electron chi connectivity index (χ0n) is 15.9. The first-order valence-corrected chi connectivity index (χ1v) is 8.93. The van der Waals surface area contributed by atoms with Gasteiger partial charge in [-0.1, -0.05) is 30.3 Å². The molecule has 0 spiro atoms. The number of aliphatic imine (C=N–C) groups is 1. The van der Waals surface area contributed by atoms with E-state index in [1.54, 1.807) is 0 Å². The van der Waals surface area contributed by atoms with Gasteiger partial charge in [-0.25, -0.2) is 0 Å². The van der Waals surface area contributed by atoms with Crippen molar-refractivity contribution in [1.82, 2.24) is 15.5 Å². The predicted octanol–water partition coefficient (Wildman–Crippen LogP) is 3.03. The van der Waals surface area contributed by atoms with Gasteiger partial charge in [0.25, 0.3) is 0 Å². The van der Waals surface area contributed by atoms with Crippen molar-refractivity contribution in [3.8, 4) is 0 Å². The molecule has 0 aliphatic carbocycles. The van der Waals surface area contributed by atoms with Crippen LogP contribution in [0, 0.1) is 0 Å². The Morgan fingerprint density at radius 3 is 2.40 bits per heavy atom. The van der Waals surface area contributed by atoms with Crippen LogP contribution in [0.4, 0.5) is 0 Å². The lowest BCUT2D eigenvalue weighted by atomic mass is 10.0. The molecular formula is C19H33IN4O. The standard InChI is InChI=1S/C19H32N4O.HI/c1-5-20-18(22-19(2,3)4)21-15-17(16-9-7-6-8-10-16)23-11-13-24-14-12-23;/h6-10,17H,5,11-15H2,1-4H3,(H2,20,21,22);1H. The number of morpholine rings is 1. The van der Waals surface area contributed by atoms with Crippen LogP contribution in [-0.2, 0) is 4.74 Å². The van der Waals surface area contributed by atoms with Crippen LogP contribution in [0.25, 0.3) is 0 Å². The molecule has 1 aromatic rings. The molecule has 0 aromatic heterocycles. The van der Waals surface area contributed by atoms with Crippen LogP contribution in [0.1, 0.15) is 39.3 Å². The van der Waals surface area contributed by atoms with E-state index in [1.165, 1.54) is 5.56 Å². The zero-order chi connectivity index (χ0) is 17.4. The third kappa shape index (κ3) is 7.92. The number of guanidine groups is 1. The maximum absolute atomic E-state index is 5.51. The highest BCUT2D eigenvalue weighted by Crippen LogP contribution is 2.22. The van der Waals surface area contributed by atoms with Crippen molar-refractivity contribution in [2.75, 3.05) is 39.4 Å². The summed E-state index contributed by atoms with van der Waals surface area (Å²) in [4.78, 5) is 7.34. The number of benzene rings is 1. The summed E-state index contributed by atoms with van der Waals surface area (Å²) in [5.74, 6) is 0.874. The molecule has 0 amide bonds. The first kappa shape index (κ1) is 22.2. The zero-order valence-corrected chi connectivity index (χ0v) is 18.2. The minimum Gasteiger partial charge on any atom is -0.379 e. The molecule has 2 rings (SSSR count). The Morgan fingerprint density at radius 2 is 1.84 bits per heavy atom. The molecule has 0 saturated carbocycles. The third-order valence-electron chi connectivity index (χ3n) is 3.93. The first-order valence-electron chi connectivity index (χ1n) is 8.93. The van der Waals surface area contributed by atoms with Crippen molar-refractivity contribution in [2.45, 2.75) is 39.3 Å². The first-order chi connectivity index (χ1) is 11.5. The number of rotatable bonds is 5. The second-order valence-corrected chi connectivity index (χ2v) is 7.17. The van der Waals surface area contributed by atoms with E-state index in [2.05, 4.69) is 73.6 Å². The van der Waals surface area contributed by atoms with Crippen molar-refractivity contribution in [1.29, 1.82) is 0 Å². The molecule has 0 radical (unpaired) electrons. The number of halogens is 1. The maximum Gasteiger partial charge on any atom is 0.191 e. The molecule has 1 heterocycles. The Bertz CT molecular complexity index is 510. The van der Waals surface area contributed by atoms with E-state index in [0.717, 1.165) is 45.4 Å². The SMILES string of the molecule is CCNC(=NCC(c1ccccc1)N1CCOCC1)NC(C)(C)C.I. The lowest BCUT2D eigenvalue weighted by Gasteiger charge is -2.34. The summed E-state index contributed by atoms with van der Waals surface area (Å²) in [5.41, 5.74) is 1.30. The Kier molecular flexibility index (Phi) is 9.74. The van der Waals surface area contributed by atoms with Gasteiger partial charge in [0.2, 0.25) is 0 Å². The summed E-state index contributed by atoms with van der Waals surface area (Å²) in [6.07, 6.45) is 0. The van der Waals surface area contributed by atoms with Crippen molar-refractivity contribution in [3.63, 3.8) is 0 Å². The quantitative estimate of drug-likeness (QED) is 0.403. The van der Waals surface area contributed by atoms with Crippen LogP contribution in [0.15, 0.2) is 35.3 Å². The summed E-state index contributed by atoms with van der Waals surface area (Å²) < 4.78 is 5.51. The van der Waals surface area contributed by atoms with Gasteiger partial charge in [0.05, 0.1) is 25.8 Å². The number of hydrogen-bond acceptors (Lipinski definition) is 3. The van der Waals surface area contributed by atoms with E-state index in [4.69, 9.17) is 9.73 Å². The Balaban J connectivity index is 0.00000312. The number of nitrogens with zero attached hydrogens (tertiary/aromatic N) is 2. The van der Waals surface area contributed by atoms with Gasteiger partial charge in [-0.15, -0.1) is 24.0 Å². The molecule has 1 aliphatic heterocycles. The fourth-order valence-corrected chi connectivity index (χ4v) is 2.84. The number of ether oxygens (including phenoxy) is 1. The average molecular weight is 460 g/mol. The topological polar surface area (TPSA) is 48.9 Å². The van der Waals surface area contributed by atoms with E-state index >= 15 is 0 Å². The van der Waals surface area contributed by atoms with Gasteiger partial charge in [-0.2, -0.15) is 0 Å². The van der Waals surface area contributed by atoms with Crippen LogP contribution in [0.5, 0.6) is 0 Å². The molecule has 142 valence electrons. The lowest BCUT2D eigenvalue weighted by molar-refractivity contribution is 0.0179. The Hall–Kier alpha value is -0.860. The number of nitrogens with one attached hydrogen (secondary N) is 2. The van der Waals surface area contributed by atoms with Gasteiger partial charge >= 0.3 is 0 Å². The largest absolute Gasteiger partial charge is 0.379 e. The van der Waals surface area contributed by atoms with E-state index in [1.807, 2.05) is 0 Å². The molecule has 1 aliphatic rings. The van der Waals surface area contributed by atoms with Crippen LogP contribution in [0.3, 0.4) is 0 Å². The van der Waals surface area contributed by atoms with Crippen LogP contribution < -0.4 is 10.6 Å². The van der Waals surface area contributed by atoms with Crippen molar-refractivity contribution < 1.29 is 4.74 Å². The van der Waals surface area contributed by atoms with E-state index in [9.17, 15) is 0 Å². The maximum atomic E-state index is 5.51. The monoisotopic (exact) mass is 460 g/mol. The van der Waals surface area contributed by atoms with Crippen LogP contribution in [-0.4, -0.2) is 55.8 Å². The van der Waals surface area contributed by atoms with Gasteiger partial charge < -0.3 is 15.4 Å². The van der Waals surface area contributed by atoms with Gasteiger partial charge in [0.15, 0.2) is 5.96 Å². The summed E-state index contributed by atoms with van der Waals surface area (Å²) in [5, 5.41) is 6.81. The normalized spacial score (nSPS) is 17.5. The molecule has 1 saturated heterocycles. The summed E-state index contributed by atoms with van der Waals surface area (Å²) in [6, 6.07) is 10.9. The van der Waals surface area contributed by atoms with Crippen molar-refractivity contribution in [3.05, 3.63) is 35.9 Å². The molecule has 0 bridgehead atoms.